The maximum absolute atomic E-state index is 12.0. The highest BCUT2D eigenvalue weighted by Crippen LogP contribution is 2.22. The summed E-state index contributed by atoms with van der Waals surface area (Å²) in [5.41, 5.74) is 1.67. The van der Waals surface area contributed by atoms with E-state index in [1.54, 1.807) is 18.2 Å². The topological polar surface area (TPSA) is 61.4 Å². The molecule has 0 aromatic heterocycles. The summed E-state index contributed by atoms with van der Waals surface area (Å²) in [4.78, 5) is 12.0. The van der Waals surface area contributed by atoms with Gasteiger partial charge in [0, 0.05) is 11.6 Å². The fourth-order valence-corrected chi connectivity index (χ4v) is 2.11. The number of phenolic OH excluding ortho intramolecular Hbond substituents is 1. The maximum Gasteiger partial charge on any atom is 0.227 e. The first kappa shape index (κ1) is 14.8. The molecule has 1 saturated heterocycles. The molecule has 1 aromatic rings. The molecule has 3 N–H and O–H groups in total. The fourth-order valence-electron chi connectivity index (χ4n) is 2.11. The van der Waals surface area contributed by atoms with Crippen LogP contribution in [-0.4, -0.2) is 24.1 Å². The number of rotatable bonds is 2. The molecule has 18 heavy (non-hydrogen) atoms. The summed E-state index contributed by atoms with van der Waals surface area (Å²) in [7, 11) is 0. The Bertz CT molecular complexity index is 417. The minimum atomic E-state index is 0. The van der Waals surface area contributed by atoms with Crippen molar-refractivity contribution in [2.45, 2.75) is 19.8 Å². The summed E-state index contributed by atoms with van der Waals surface area (Å²) in [6, 6.07) is 4.98. The van der Waals surface area contributed by atoms with Crippen molar-refractivity contribution in [3.8, 4) is 5.75 Å². The van der Waals surface area contributed by atoms with E-state index < -0.39 is 0 Å². The third kappa shape index (κ3) is 3.62. The summed E-state index contributed by atoms with van der Waals surface area (Å²) in [6.45, 7) is 3.69. The van der Waals surface area contributed by atoms with Crippen LogP contribution in [0.4, 0.5) is 5.69 Å². The third-order valence-corrected chi connectivity index (χ3v) is 3.18. The van der Waals surface area contributed by atoms with Gasteiger partial charge in [0.1, 0.15) is 5.75 Å². The van der Waals surface area contributed by atoms with Gasteiger partial charge in [0.05, 0.1) is 0 Å². The van der Waals surface area contributed by atoms with E-state index in [-0.39, 0.29) is 30.0 Å². The number of hydrogen-bond acceptors (Lipinski definition) is 3. The first-order valence-corrected chi connectivity index (χ1v) is 5.98. The van der Waals surface area contributed by atoms with Crippen LogP contribution in [0.1, 0.15) is 18.4 Å². The monoisotopic (exact) mass is 270 g/mol. The highest BCUT2D eigenvalue weighted by Gasteiger charge is 2.21. The molecule has 0 saturated carbocycles. The lowest BCUT2D eigenvalue weighted by atomic mass is 9.97. The number of nitrogens with one attached hydrogen (secondary N) is 2. The van der Waals surface area contributed by atoms with Gasteiger partial charge in [0.15, 0.2) is 0 Å². The van der Waals surface area contributed by atoms with Gasteiger partial charge in [-0.15, -0.1) is 12.4 Å². The number of anilines is 1. The molecule has 1 aromatic carbocycles. The zero-order valence-electron chi connectivity index (χ0n) is 10.4. The van der Waals surface area contributed by atoms with Crippen LogP contribution in [0.2, 0.25) is 0 Å². The Kier molecular flexibility index (Phi) is 5.44. The molecule has 0 radical (unpaired) electrons. The van der Waals surface area contributed by atoms with Gasteiger partial charge in [0.2, 0.25) is 5.91 Å². The number of piperidine rings is 1. The van der Waals surface area contributed by atoms with E-state index in [9.17, 15) is 9.90 Å². The van der Waals surface area contributed by atoms with Crippen molar-refractivity contribution in [3.05, 3.63) is 23.8 Å². The highest BCUT2D eigenvalue weighted by atomic mass is 35.5. The van der Waals surface area contributed by atoms with Crippen LogP contribution in [0, 0.1) is 12.8 Å². The number of amides is 1. The Morgan fingerprint density at radius 1 is 1.39 bits per heavy atom. The Morgan fingerprint density at radius 3 is 2.67 bits per heavy atom. The average molecular weight is 271 g/mol. The average Bonchev–Trinajstić information content (AvgIpc) is 2.34. The van der Waals surface area contributed by atoms with Gasteiger partial charge < -0.3 is 15.7 Å². The second kappa shape index (κ2) is 6.61. The van der Waals surface area contributed by atoms with Crippen LogP contribution in [0.25, 0.3) is 0 Å². The maximum atomic E-state index is 12.0. The van der Waals surface area contributed by atoms with Gasteiger partial charge in [-0.1, -0.05) is 0 Å². The van der Waals surface area contributed by atoms with Crippen LogP contribution in [0.3, 0.4) is 0 Å². The Labute approximate surface area is 113 Å². The fraction of sp³-hybridized carbons (Fsp3) is 0.462. The lowest BCUT2D eigenvalue weighted by Gasteiger charge is -2.22. The highest BCUT2D eigenvalue weighted by molar-refractivity contribution is 5.93. The summed E-state index contributed by atoms with van der Waals surface area (Å²) in [5.74, 6) is 0.409. The Morgan fingerprint density at radius 2 is 2.06 bits per heavy atom. The largest absolute Gasteiger partial charge is 0.508 e. The lowest BCUT2D eigenvalue weighted by molar-refractivity contribution is -0.120. The molecule has 0 unspecified atom stereocenters. The van der Waals surface area contributed by atoms with Gasteiger partial charge in [-0.3, -0.25) is 4.79 Å². The van der Waals surface area contributed by atoms with Crippen molar-refractivity contribution in [1.82, 2.24) is 5.32 Å². The molecule has 0 atom stereocenters. The summed E-state index contributed by atoms with van der Waals surface area (Å²) in [5, 5.41) is 15.5. The number of aromatic hydroxyl groups is 1. The first-order chi connectivity index (χ1) is 8.16. The van der Waals surface area contributed by atoms with E-state index in [2.05, 4.69) is 10.6 Å². The summed E-state index contributed by atoms with van der Waals surface area (Å²) >= 11 is 0. The predicted molar refractivity (Wildman–Crippen MR) is 74.3 cm³/mol. The van der Waals surface area contributed by atoms with Gasteiger partial charge in [-0.2, -0.15) is 0 Å². The van der Waals surface area contributed by atoms with Crippen LogP contribution in [-0.2, 0) is 4.79 Å². The van der Waals surface area contributed by atoms with E-state index in [1.165, 1.54) is 0 Å². The van der Waals surface area contributed by atoms with Crippen molar-refractivity contribution in [1.29, 1.82) is 0 Å². The molecular weight excluding hydrogens is 252 g/mol. The summed E-state index contributed by atoms with van der Waals surface area (Å²) < 4.78 is 0. The van der Waals surface area contributed by atoms with Crippen LogP contribution < -0.4 is 10.6 Å². The van der Waals surface area contributed by atoms with E-state index in [0.717, 1.165) is 37.2 Å². The first-order valence-electron chi connectivity index (χ1n) is 5.98. The Hall–Kier alpha value is -1.26. The third-order valence-electron chi connectivity index (χ3n) is 3.18. The molecule has 2 rings (SSSR count). The molecule has 5 heteroatoms. The smallest absolute Gasteiger partial charge is 0.227 e. The van der Waals surface area contributed by atoms with Gasteiger partial charge >= 0.3 is 0 Å². The molecule has 4 nitrogen and oxygen atoms in total. The number of hydrogen-bond donors (Lipinski definition) is 3. The molecule has 0 aliphatic carbocycles. The number of carbonyl (C=O) groups is 1. The number of carbonyl (C=O) groups excluding carboxylic acids is 1. The standard InChI is InChI=1S/C13H18N2O2.ClH/c1-9-8-11(16)2-3-12(9)15-13(17)10-4-6-14-7-5-10;/h2-3,8,10,14,16H,4-7H2,1H3,(H,15,17);1H. The van der Waals surface area contributed by atoms with Gasteiger partial charge in [-0.25, -0.2) is 0 Å². The zero-order valence-corrected chi connectivity index (χ0v) is 11.2. The van der Waals surface area contributed by atoms with E-state index in [4.69, 9.17) is 0 Å². The van der Waals surface area contributed by atoms with E-state index >= 15 is 0 Å². The van der Waals surface area contributed by atoms with E-state index in [1.807, 2.05) is 6.92 Å². The molecule has 1 aliphatic heterocycles. The predicted octanol–water partition coefficient (Wildman–Crippen LogP) is 2.06. The van der Waals surface area contributed by atoms with Crippen molar-refractivity contribution < 1.29 is 9.90 Å². The Balaban J connectivity index is 0.00000162. The van der Waals surface area contributed by atoms with Crippen molar-refractivity contribution in [2.75, 3.05) is 18.4 Å². The number of benzene rings is 1. The van der Waals surface area contributed by atoms with Crippen LogP contribution in [0.15, 0.2) is 18.2 Å². The van der Waals surface area contributed by atoms with Crippen molar-refractivity contribution in [2.24, 2.45) is 5.92 Å². The number of aryl methyl sites for hydroxylation is 1. The molecule has 1 aliphatic rings. The normalized spacial score (nSPS) is 15.8. The van der Waals surface area contributed by atoms with Crippen LogP contribution in [0.5, 0.6) is 5.75 Å². The van der Waals surface area contributed by atoms with Gasteiger partial charge in [0.25, 0.3) is 0 Å². The van der Waals surface area contributed by atoms with Crippen molar-refractivity contribution >= 4 is 24.0 Å². The second-order valence-corrected chi connectivity index (χ2v) is 4.51. The molecule has 1 heterocycles. The minimum absolute atomic E-state index is 0. The molecule has 1 fully saturated rings. The lowest BCUT2D eigenvalue weighted by Crippen LogP contribution is -2.34. The minimum Gasteiger partial charge on any atom is -0.508 e. The zero-order chi connectivity index (χ0) is 12.3. The summed E-state index contributed by atoms with van der Waals surface area (Å²) in [6.07, 6.45) is 1.78. The molecule has 100 valence electrons. The SMILES string of the molecule is Cc1cc(O)ccc1NC(=O)C1CCNCC1.Cl. The molecule has 0 spiro atoms. The molecule has 0 bridgehead atoms. The number of halogens is 1. The molecule has 1 amide bonds. The quantitative estimate of drug-likeness (QED) is 0.721. The van der Waals surface area contributed by atoms with E-state index in [0.29, 0.717) is 0 Å². The number of phenols is 1. The van der Waals surface area contributed by atoms with Crippen LogP contribution >= 0.6 is 12.4 Å². The van der Waals surface area contributed by atoms with Gasteiger partial charge in [-0.05, 0) is 56.6 Å². The molecular formula is C13H19ClN2O2. The van der Waals surface area contributed by atoms with Crippen molar-refractivity contribution in [3.63, 3.8) is 0 Å². The second-order valence-electron chi connectivity index (χ2n) is 4.51.